The number of rotatable bonds is 11. The number of esters is 1. The van der Waals surface area contributed by atoms with Gasteiger partial charge in [-0.1, -0.05) is 68.8 Å². The zero-order valence-corrected chi connectivity index (χ0v) is 17.5. The molecule has 1 atom stereocenters. The lowest BCUT2D eigenvalue weighted by Crippen LogP contribution is -2.17. The molecule has 0 fully saturated rings. The van der Waals surface area contributed by atoms with Crippen LogP contribution < -0.4 is 0 Å². The summed E-state index contributed by atoms with van der Waals surface area (Å²) < 4.78 is 5.13. The van der Waals surface area contributed by atoms with Gasteiger partial charge in [-0.2, -0.15) is 0 Å². The first kappa shape index (κ1) is 22.9. The zero-order chi connectivity index (χ0) is 21.2. The lowest BCUT2D eigenvalue weighted by atomic mass is 9.94. The molecule has 2 aromatic carbocycles. The van der Waals surface area contributed by atoms with E-state index >= 15 is 0 Å². The van der Waals surface area contributed by atoms with Crippen LogP contribution in [0.25, 0.3) is 11.1 Å². The summed E-state index contributed by atoms with van der Waals surface area (Å²) in [5.74, 6) is -0.959. The molecule has 2 N–H and O–H groups in total. The maximum Gasteiger partial charge on any atom is 0.335 e. The fourth-order valence-electron chi connectivity index (χ4n) is 3.27. The van der Waals surface area contributed by atoms with Crippen molar-refractivity contribution in [1.82, 2.24) is 0 Å². The third-order valence-corrected chi connectivity index (χ3v) is 5.22. The summed E-state index contributed by atoms with van der Waals surface area (Å²) in [5, 5.41) is 18.6. The van der Waals surface area contributed by atoms with Gasteiger partial charge in [0.15, 0.2) is 0 Å². The molecule has 0 aliphatic carbocycles. The van der Waals surface area contributed by atoms with Crippen molar-refractivity contribution in [1.29, 1.82) is 0 Å². The number of carbonyl (C=O) groups is 1. The molecule has 0 saturated carbocycles. The number of ether oxygens (including phenoxy) is 1. The number of unbranched alkanes of at least 4 members (excludes halogenated alkanes) is 2. The fraction of sp³-hybridized carbons (Fsp3) is 0.400. The van der Waals surface area contributed by atoms with E-state index in [0.717, 1.165) is 17.5 Å². The molecular formula is C25H32O4. The van der Waals surface area contributed by atoms with Crippen LogP contribution in [0.4, 0.5) is 0 Å². The molecule has 0 bridgehead atoms. The Morgan fingerprint density at radius 3 is 2.34 bits per heavy atom. The van der Waals surface area contributed by atoms with E-state index in [4.69, 9.17) is 9.84 Å². The van der Waals surface area contributed by atoms with Gasteiger partial charge in [0.05, 0.1) is 18.8 Å². The van der Waals surface area contributed by atoms with Crippen molar-refractivity contribution in [3.8, 4) is 11.1 Å². The number of aryl methyl sites for hydroxylation is 2. The number of hydrogen-bond donors (Lipinski definition) is 2. The van der Waals surface area contributed by atoms with Gasteiger partial charge in [-0.25, -0.2) is 4.79 Å². The summed E-state index contributed by atoms with van der Waals surface area (Å²) in [6.45, 7) is 7.29. The second-order valence-corrected chi connectivity index (χ2v) is 7.46. The van der Waals surface area contributed by atoms with Crippen LogP contribution in [0.3, 0.4) is 0 Å². The van der Waals surface area contributed by atoms with Crippen LogP contribution in [-0.2, 0) is 16.0 Å². The van der Waals surface area contributed by atoms with Gasteiger partial charge < -0.3 is 14.9 Å². The first-order chi connectivity index (χ1) is 14.0. The number of benzene rings is 2. The van der Waals surface area contributed by atoms with Crippen molar-refractivity contribution in [2.24, 2.45) is 0 Å². The van der Waals surface area contributed by atoms with Crippen LogP contribution in [0.5, 0.6) is 0 Å². The molecule has 0 aliphatic rings. The smallest absolute Gasteiger partial charge is 0.335 e. The Labute approximate surface area is 173 Å². The van der Waals surface area contributed by atoms with Crippen molar-refractivity contribution in [3.63, 3.8) is 0 Å². The number of aliphatic hydroxyl groups excluding tert-OH is 2. The quantitative estimate of drug-likeness (QED) is 0.332. The number of carbonyl (C=O) groups excluding carboxylic acids is 1. The van der Waals surface area contributed by atoms with Crippen molar-refractivity contribution >= 4 is 5.97 Å². The van der Waals surface area contributed by atoms with Gasteiger partial charge in [-0.3, -0.25) is 0 Å². The van der Waals surface area contributed by atoms with Crippen LogP contribution in [0.15, 0.2) is 54.6 Å². The molecule has 4 heteroatoms. The lowest BCUT2D eigenvalue weighted by Gasteiger charge is -2.16. The van der Waals surface area contributed by atoms with E-state index in [1.54, 1.807) is 0 Å². The second kappa shape index (κ2) is 11.5. The Balaban J connectivity index is 2.05. The third kappa shape index (κ3) is 6.55. The van der Waals surface area contributed by atoms with E-state index < -0.39 is 12.6 Å². The number of hydrogen-bond acceptors (Lipinski definition) is 4. The normalized spacial score (nSPS) is 11.9. The highest BCUT2D eigenvalue weighted by atomic mass is 16.5. The van der Waals surface area contributed by atoms with Crippen LogP contribution in [-0.4, -0.2) is 36.0 Å². The van der Waals surface area contributed by atoms with E-state index in [0.29, 0.717) is 0 Å². The predicted octanol–water partition coefficient (Wildman–Crippen LogP) is 4.56. The molecule has 2 rings (SSSR count). The maximum absolute atomic E-state index is 11.6. The molecule has 2 aromatic rings. The largest absolute Gasteiger partial charge is 0.462 e. The van der Waals surface area contributed by atoms with Crippen molar-refractivity contribution in [2.75, 3.05) is 19.8 Å². The second-order valence-electron chi connectivity index (χ2n) is 7.46. The van der Waals surface area contributed by atoms with Gasteiger partial charge in [0.1, 0.15) is 6.61 Å². The molecule has 0 radical (unpaired) electrons. The highest BCUT2D eigenvalue weighted by molar-refractivity contribution is 5.87. The molecule has 0 amide bonds. The summed E-state index contributed by atoms with van der Waals surface area (Å²) in [6.07, 6.45) is 4.84. The Bertz CT molecular complexity index is 808. The number of aliphatic hydroxyl groups is 2. The summed E-state index contributed by atoms with van der Waals surface area (Å²) >= 11 is 0. The SMILES string of the molecule is C=C(CO)C(=O)OCC(CO)c1ccc(-c2ccc(CCCCC)c(C)c2)cc1. The molecule has 29 heavy (non-hydrogen) atoms. The Morgan fingerprint density at radius 2 is 1.76 bits per heavy atom. The van der Waals surface area contributed by atoms with Gasteiger partial charge in [0.25, 0.3) is 0 Å². The van der Waals surface area contributed by atoms with Crippen LogP contribution in [0.2, 0.25) is 0 Å². The lowest BCUT2D eigenvalue weighted by molar-refractivity contribution is -0.140. The molecule has 4 nitrogen and oxygen atoms in total. The minimum atomic E-state index is -0.642. The van der Waals surface area contributed by atoms with Gasteiger partial charge in [-0.15, -0.1) is 0 Å². The van der Waals surface area contributed by atoms with Crippen LogP contribution >= 0.6 is 0 Å². The van der Waals surface area contributed by atoms with Gasteiger partial charge in [-0.05, 0) is 47.6 Å². The van der Waals surface area contributed by atoms with E-state index in [2.05, 4.69) is 38.6 Å². The van der Waals surface area contributed by atoms with Gasteiger partial charge in [0, 0.05) is 5.92 Å². The van der Waals surface area contributed by atoms with E-state index in [1.165, 1.54) is 36.0 Å². The first-order valence-electron chi connectivity index (χ1n) is 10.3. The average Bonchev–Trinajstić information content (AvgIpc) is 2.75. The molecule has 0 spiro atoms. The Hall–Kier alpha value is -2.43. The monoisotopic (exact) mass is 396 g/mol. The van der Waals surface area contributed by atoms with Crippen molar-refractivity contribution in [2.45, 2.75) is 45.4 Å². The summed E-state index contributed by atoms with van der Waals surface area (Å²) in [7, 11) is 0. The molecule has 0 heterocycles. The summed E-state index contributed by atoms with van der Waals surface area (Å²) in [4.78, 5) is 11.6. The minimum absolute atomic E-state index is 0.00514. The first-order valence-corrected chi connectivity index (χ1v) is 10.3. The highest BCUT2D eigenvalue weighted by Gasteiger charge is 2.15. The topological polar surface area (TPSA) is 66.8 Å². The summed E-state index contributed by atoms with van der Waals surface area (Å²) in [5.41, 5.74) is 5.90. The molecular weight excluding hydrogens is 364 g/mol. The average molecular weight is 397 g/mol. The Morgan fingerprint density at radius 1 is 1.07 bits per heavy atom. The highest BCUT2D eigenvalue weighted by Crippen LogP contribution is 2.26. The van der Waals surface area contributed by atoms with Gasteiger partial charge >= 0.3 is 5.97 Å². The minimum Gasteiger partial charge on any atom is -0.462 e. The van der Waals surface area contributed by atoms with Crippen LogP contribution in [0, 0.1) is 6.92 Å². The van der Waals surface area contributed by atoms with E-state index in [9.17, 15) is 9.90 Å². The fourth-order valence-corrected chi connectivity index (χ4v) is 3.27. The zero-order valence-electron chi connectivity index (χ0n) is 17.5. The summed E-state index contributed by atoms with van der Waals surface area (Å²) in [6, 6.07) is 14.6. The standard InChI is InChI=1S/C25H32O4/c1-4-5-6-7-20-8-13-23(14-18(20)2)21-9-11-22(12-10-21)24(16-27)17-29-25(28)19(3)15-26/h8-14,24,26-27H,3-7,15-17H2,1-2H3. The third-order valence-electron chi connectivity index (χ3n) is 5.22. The molecule has 156 valence electrons. The van der Waals surface area contributed by atoms with Gasteiger partial charge in [0.2, 0.25) is 0 Å². The molecule has 0 aliphatic heterocycles. The molecule has 0 aromatic heterocycles. The Kier molecular flexibility index (Phi) is 9.10. The van der Waals surface area contributed by atoms with Crippen molar-refractivity contribution in [3.05, 3.63) is 71.3 Å². The van der Waals surface area contributed by atoms with Crippen LogP contribution in [0.1, 0.15) is 48.8 Å². The predicted molar refractivity (Wildman–Crippen MR) is 117 cm³/mol. The molecule has 0 saturated heterocycles. The van der Waals surface area contributed by atoms with Crippen molar-refractivity contribution < 1.29 is 19.7 Å². The maximum atomic E-state index is 11.6. The van der Waals surface area contributed by atoms with E-state index in [1.807, 2.05) is 24.3 Å². The molecule has 1 unspecified atom stereocenters. The van der Waals surface area contributed by atoms with E-state index in [-0.39, 0.29) is 24.7 Å².